The highest BCUT2D eigenvalue weighted by molar-refractivity contribution is 7.98. The molecule has 3 rings (SSSR count). The standard InChI is InChI=1S/C15H10Cl2N2O2S/c16-11-4-2-9-5-8(1-3-10(9)13(11)17)7-22-12-6-18-14(20)15(21)19-12/h1-6H,7H2,(H,18,20)(H,19,21). The van der Waals surface area contributed by atoms with Crippen LogP contribution in [-0.2, 0) is 5.75 Å². The second-order valence-corrected chi connectivity index (χ2v) is 6.44. The molecule has 1 aromatic heterocycles. The number of aromatic nitrogens is 2. The molecule has 0 fully saturated rings. The number of hydrogen-bond acceptors (Lipinski definition) is 3. The fourth-order valence-corrected chi connectivity index (χ4v) is 3.25. The molecule has 0 bridgehead atoms. The zero-order chi connectivity index (χ0) is 15.7. The molecule has 0 amide bonds. The summed E-state index contributed by atoms with van der Waals surface area (Å²) in [6.07, 6.45) is 1.49. The zero-order valence-electron chi connectivity index (χ0n) is 11.2. The molecule has 0 aliphatic carbocycles. The first-order chi connectivity index (χ1) is 10.5. The van der Waals surface area contributed by atoms with E-state index in [1.165, 1.54) is 18.0 Å². The van der Waals surface area contributed by atoms with Gasteiger partial charge in [-0.25, -0.2) is 0 Å². The lowest BCUT2D eigenvalue weighted by Crippen LogP contribution is -2.28. The maximum Gasteiger partial charge on any atom is 0.314 e. The van der Waals surface area contributed by atoms with Crippen LogP contribution in [0.15, 0.2) is 51.1 Å². The Hall–Kier alpha value is -1.69. The van der Waals surface area contributed by atoms with Crippen LogP contribution >= 0.6 is 35.0 Å². The van der Waals surface area contributed by atoms with Crippen molar-refractivity contribution in [3.8, 4) is 0 Å². The molecule has 0 atom stereocenters. The van der Waals surface area contributed by atoms with Crippen molar-refractivity contribution >= 4 is 45.7 Å². The number of hydrogen-bond donors (Lipinski definition) is 2. The monoisotopic (exact) mass is 352 g/mol. The third-order valence-electron chi connectivity index (χ3n) is 3.14. The van der Waals surface area contributed by atoms with Crippen LogP contribution < -0.4 is 11.1 Å². The summed E-state index contributed by atoms with van der Waals surface area (Å²) >= 11 is 13.6. The van der Waals surface area contributed by atoms with Gasteiger partial charge in [0.15, 0.2) is 0 Å². The number of thioether (sulfide) groups is 1. The summed E-state index contributed by atoms with van der Waals surface area (Å²) in [6.45, 7) is 0. The largest absolute Gasteiger partial charge is 0.322 e. The first kappa shape index (κ1) is 15.2. The van der Waals surface area contributed by atoms with Gasteiger partial charge in [-0.3, -0.25) is 9.59 Å². The number of fused-ring (bicyclic) bond motifs is 1. The Bertz CT molecular complexity index is 966. The van der Waals surface area contributed by atoms with E-state index < -0.39 is 11.1 Å². The van der Waals surface area contributed by atoms with Crippen molar-refractivity contribution in [1.29, 1.82) is 0 Å². The maximum absolute atomic E-state index is 11.3. The normalized spacial score (nSPS) is 11.0. The van der Waals surface area contributed by atoms with Gasteiger partial charge in [-0.05, 0) is 17.0 Å². The van der Waals surface area contributed by atoms with Crippen molar-refractivity contribution in [3.05, 3.63) is 72.8 Å². The molecular weight excluding hydrogens is 343 g/mol. The zero-order valence-corrected chi connectivity index (χ0v) is 13.5. The van der Waals surface area contributed by atoms with E-state index in [1.54, 1.807) is 6.07 Å². The van der Waals surface area contributed by atoms with Crippen molar-refractivity contribution in [2.45, 2.75) is 10.8 Å². The van der Waals surface area contributed by atoms with E-state index in [4.69, 9.17) is 23.2 Å². The Morgan fingerprint density at radius 2 is 1.86 bits per heavy atom. The SMILES string of the molecule is O=c1[nH]cc(SCc2ccc3c(Cl)c(Cl)ccc3c2)[nH]c1=O. The summed E-state index contributed by atoms with van der Waals surface area (Å²) < 4.78 is 0. The lowest BCUT2D eigenvalue weighted by Gasteiger charge is -2.06. The molecule has 0 radical (unpaired) electrons. The Balaban J connectivity index is 1.85. The molecule has 0 aliphatic heterocycles. The first-order valence-electron chi connectivity index (χ1n) is 6.36. The number of H-pyrrole nitrogens is 2. The summed E-state index contributed by atoms with van der Waals surface area (Å²) in [5.74, 6) is 0.651. The average Bonchev–Trinajstić information content (AvgIpc) is 2.52. The van der Waals surface area contributed by atoms with Crippen LogP contribution in [0.5, 0.6) is 0 Å². The van der Waals surface area contributed by atoms with E-state index in [0.717, 1.165) is 16.3 Å². The van der Waals surface area contributed by atoms with Crippen LogP contribution in [0, 0.1) is 0 Å². The van der Waals surface area contributed by atoms with Gasteiger partial charge in [0, 0.05) is 17.3 Å². The summed E-state index contributed by atoms with van der Waals surface area (Å²) in [5.41, 5.74) is -0.227. The minimum Gasteiger partial charge on any atom is -0.322 e. The van der Waals surface area contributed by atoms with Crippen molar-refractivity contribution in [1.82, 2.24) is 9.97 Å². The number of rotatable bonds is 3. The van der Waals surface area contributed by atoms with E-state index in [9.17, 15) is 9.59 Å². The van der Waals surface area contributed by atoms with Crippen LogP contribution in [0.25, 0.3) is 10.8 Å². The van der Waals surface area contributed by atoms with Crippen molar-refractivity contribution in [3.63, 3.8) is 0 Å². The minimum absolute atomic E-state index is 0.530. The Morgan fingerprint density at radius 1 is 1.05 bits per heavy atom. The van der Waals surface area contributed by atoms with Crippen LogP contribution in [0.3, 0.4) is 0 Å². The first-order valence-corrected chi connectivity index (χ1v) is 8.10. The van der Waals surface area contributed by atoms with Gasteiger partial charge in [-0.1, -0.05) is 47.5 Å². The van der Waals surface area contributed by atoms with Crippen LogP contribution in [-0.4, -0.2) is 9.97 Å². The minimum atomic E-state index is -0.651. The molecule has 0 saturated carbocycles. The quantitative estimate of drug-likeness (QED) is 0.556. The average molecular weight is 353 g/mol. The molecule has 22 heavy (non-hydrogen) atoms. The van der Waals surface area contributed by atoms with E-state index in [0.29, 0.717) is 20.8 Å². The Morgan fingerprint density at radius 3 is 2.64 bits per heavy atom. The summed E-state index contributed by atoms with van der Waals surface area (Å²) in [6, 6.07) is 9.59. The fraction of sp³-hybridized carbons (Fsp3) is 0.0667. The lowest BCUT2D eigenvalue weighted by molar-refractivity contribution is 0.971. The molecule has 0 aliphatic rings. The molecule has 2 aromatic carbocycles. The number of nitrogens with one attached hydrogen (secondary N) is 2. The lowest BCUT2D eigenvalue weighted by atomic mass is 10.1. The highest BCUT2D eigenvalue weighted by Crippen LogP contribution is 2.32. The van der Waals surface area contributed by atoms with Crippen LogP contribution in [0.2, 0.25) is 10.0 Å². The Kier molecular flexibility index (Phi) is 4.29. The number of aromatic amines is 2. The van der Waals surface area contributed by atoms with Crippen LogP contribution in [0.4, 0.5) is 0 Å². The number of benzene rings is 2. The van der Waals surface area contributed by atoms with Gasteiger partial charge in [0.2, 0.25) is 0 Å². The van der Waals surface area contributed by atoms with Gasteiger partial charge in [0.05, 0.1) is 15.1 Å². The predicted molar refractivity (Wildman–Crippen MR) is 91.2 cm³/mol. The summed E-state index contributed by atoms with van der Waals surface area (Å²) in [4.78, 5) is 27.2. The third kappa shape index (κ3) is 3.06. The van der Waals surface area contributed by atoms with Crippen molar-refractivity contribution in [2.75, 3.05) is 0 Å². The molecule has 0 unspecified atom stereocenters. The molecular formula is C15H10Cl2N2O2S. The molecule has 0 spiro atoms. The van der Waals surface area contributed by atoms with Gasteiger partial charge in [-0.2, -0.15) is 0 Å². The topological polar surface area (TPSA) is 65.7 Å². The van der Waals surface area contributed by atoms with E-state index >= 15 is 0 Å². The summed E-state index contributed by atoms with van der Waals surface area (Å²) in [7, 11) is 0. The van der Waals surface area contributed by atoms with Gasteiger partial charge in [0.25, 0.3) is 0 Å². The molecule has 0 saturated heterocycles. The van der Waals surface area contributed by atoms with E-state index in [2.05, 4.69) is 9.97 Å². The van der Waals surface area contributed by atoms with E-state index in [-0.39, 0.29) is 0 Å². The third-order valence-corrected chi connectivity index (χ3v) is 4.97. The van der Waals surface area contributed by atoms with Gasteiger partial charge in [-0.15, -0.1) is 11.8 Å². The highest BCUT2D eigenvalue weighted by atomic mass is 35.5. The fourth-order valence-electron chi connectivity index (χ4n) is 2.04. The molecule has 7 heteroatoms. The second-order valence-electron chi connectivity index (χ2n) is 4.64. The van der Waals surface area contributed by atoms with Gasteiger partial charge in [0.1, 0.15) is 0 Å². The maximum atomic E-state index is 11.3. The molecule has 1 heterocycles. The Labute approximate surface area is 139 Å². The molecule has 2 N–H and O–H groups in total. The molecule has 4 nitrogen and oxygen atoms in total. The smallest absolute Gasteiger partial charge is 0.314 e. The second kappa shape index (κ2) is 6.20. The van der Waals surface area contributed by atoms with Crippen molar-refractivity contribution < 1.29 is 0 Å². The van der Waals surface area contributed by atoms with Crippen molar-refractivity contribution in [2.24, 2.45) is 0 Å². The highest BCUT2D eigenvalue weighted by Gasteiger charge is 2.05. The number of halogens is 2. The van der Waals surface area contributed by atoms with E-state index in [1.807, 2.05) is 24.3 Å². The predicted octanol–water partition coefficient (Wildman–Crippen LogP) is 3.82. The van der Waals surface area contributed by atoms with Crippen LogP contribution in [0.1, 0.15) is 5.56 Å². The molecule has 112 valence electrons. The van der Waals surface area contributed by atoms with Gasteiger partial charge < -0.3 is 9.97 Å². The summed E-state index contributed by atoms with van der Waals surface area (Å²) in [5, 5.41) is 3.59. The van der Waals surface area contributed by atoms with Gasteiger partial charge >= 0.3 is 11.1 Å². The molecule has 3 aromatic rings.